The maximum Gasteiger partial charge on any atom is 0.226 e. The van der Waals surface area contributed by atoms with Crippen LogP contribution in [-0.4, -0.2) is 30.0 Å². The first-order valence-corrected chi connectivity index (χ1v) is 9.58. The first-order valence-electron chi connectivity index (χ1n) is 9.58. The smallest absolute Gasteiger partial charge is 0.226 e. The molecule has 0 bridgehead atoms. The Bertz CT molecular complexity index is 844. The van der Waals surface area contributed by atoms with Gasteiger partial charge < -0.3 is 9.64 Å². The average Bonchev–Trinajstić information content (AvgIpc) is 3.12. The van der Waals surface area contributed by atoms with Gasteiger partial charge in [-0.05, 0) is 48.1 Å². The predicted molar refractivity (Wildman–Crippen MR) is 98.8 cm³/mol. The van der Waals surface area contributed by atoms with Gasteiger partial charge in [0.15, 0.2) is 11.6 Å². The van der Waals surface area contributed by atoms with Gasteiger partial charge in [0.25, 0.3) is 0 Å². The molecule has 142 valence electrons. The SMILES string of the molecule is O=C(Cc1ccc2c(c1)CCC2)N1CCC(Oc2ccc(F)cc2F)CC1. The minimum Gasteiger partial charge on any atom is -0.487 e. The molecule has 1 saturated heterocycles. The van der Waals surface area contributed by atoms with Crippen molar-refractivity contribution in [2.75, 3.05) is 13.1 Å². The fourth-order valence-corrected chi connectivity index (χ4v) is 3.99. The standard InChI is InChI=1S/C22H23F2NO2/c23-18-6-7-21(20(24)14-18)27-19-8-10-25(11-9-19)22(26)13-15-4-5-16-2-1-3-17(16)12-15/h4-7,12,14,19H,1-3,8-11,13H2. The van der Waals surface area contributed by atoms with Crippen molar-refractivity contribution >= 4 is 5.91 Å². The third kappa shape index (κ3) is 4.12. The normalized spacial score (nSPS) is 17.0. The van der Waals surface area contributed by atoms with E-state index in [1.165, 1.54) is 29.7 Å². The second-order valence-electron chi connectivity index (χ2n) is 7.41. The number of hydrogen-bond acceptors (Lipinski definition) is 2. The number of ether oxygens (including phenoxy) is 1. The number of benzene rings is 2. The van der Waals surface area contributed by atoms with Crippen LogP contribution in [0.2, 0.25) is 0 Å². The summed E-state index contributed by atoms with van der Waals surface area (Å²) in [6.45, 7) is 1.19. The van der Waals surface area contributed by atoms with E-state index in [1.54, 1.807) is 0 Å². The molecule has 1 amide bonds. The summed E-state index contributed by atoms with van der Waals surface area (Å²) < 4.78 is 32.4. The number of amides is 1. The monoisotopic (exact) mass is 371 g/mol. The highest BCUT2D eigenvalue weighted by molar-refractivity contribution is 5.79. The second-order valence-corrected chi connectivity index (χ2v) is 7.41. The van der Waals surface area contributed by atoms with Gasteiger partial charge in [-0.3, -0.25) is 4.79 Å². The lowest BCUT2D eigenvalue weighted by molar-refractivity contribution is -0.132. The molecule has 27 heavy (non-hydrogen) atoms. The van der Waals surface area contributed by atoms with Crippen molar-refractivity contribution in [2.45, 2.75) is 44.6 Å². The molecule has 2 aromatic rings. The van der Waals surface area contributed by atoms with Crippen molar-refractivity contribution < 1.29 is 18.3 Å². The molecule has 0 spiro atoms. The van der Waals surface area contributed by atoms with Crippen LogP contribution in [0, 0.1) is 11.6 Å². The Labute approximate surface area is 157 Å². The number of carbonyl (C=O) groups excluding carboxylic acids is 1. The molecule has 3 nitrogen and oxygen atoms in total. The maximum absolute atomic E-state index is 13.7. The topological polar surface area (TPSA) is 29.5 Å². The molecule has 0 unspecified atom stereocenters. The van der Waals surface area contributed by atoms with E-state index >= 15 is 0 Å². The second kappa shape index (κ2) is 7.67. The molecule has 1 aliphatic carbocycles. The highest BCUT2D eigenvalue weighted by Crippen LogP contribution is 2.25. The number of hydrogen-bond donors (Lipinski definition) is 0. The first kappa shape index (κ1) is 18.0. The zero-order valence-electron chi connectivity index (χ0n) is 15.2. The molecular weight excluding hydrogens is 348 g/mol. The van der Waals surface area contributed by atoms with Crippen LogP contribution in [0.15, 0.2) is 36.4 Å². The third-order valence-electron chi connectivity index (χ3n) is 5.50. The summed E-state index contributed by atoms with van der Waals surface area (Å²) in [7, 11) is 0. The van der Waals surface area contributed by atoms with E-state index in [0.717, 1.165) is 24.5 Å². The molecular formula is C22H23F2NO2. The van der Waals surface area contributed by atoms with Crippen LogP contribution in [-0.2, 0) is 24.1 Å². The van der Waals surface area contributed by atoms with Crippen LogP contribution in [0.3, 0.4) is 0 Å². The van der Waals surface area contributed by atoms with Crippen LogP contribution >= 0.6 is 0 Å². The Morgan fingerprint density at radius 1 is 1.04 bits per heavy atom. The van der Waals surface area contributed by atoms with Crippen molar-refractivity contribution in [1.29, 1.82) is 0 Å². The summed E-state index contributed by atoms with van der Waals surface area (Å²) >= 11 is 0. The first-order chi connectivity index (χ1) is 13.1. The molecule has 4 rings (SSSR count). The van der Waals surface area contributed by atoms with E-state index in [9.17, 15) is 13.6 Å². The van der Waals surface area contributed by atoms with Gasteiger partial charge in [0.1, 0.15) is 11.9 Å². The van der Waals surface area contributed by atoms with E-state index in [4.69, 9.17) is 4.74 Å². The van der Waals surface area contributed by atoms with Crippen LogP contribution in [0.25, 0.3) is 0 Å². The highest BCUT2D eigenvalue weighted by atomic mass is 19.1. The predicted octanol–water partition coefficient (Wildman–Crippen LogP) is 4.07. The van der Waals surface area contributed by atoms with E-state index < -0.39 is 11.6 Å². The number of carbonyl (C=O) groups is 1. The third-order valence-corrected chi connectivity index (χ3v) is 5.50. The van der Waals surface area contributed by atoms with Crippen molar-refractivity contribution in [2.24, 2.45) is 0 Å². The Morgan fingerprint density at radius 2 is 1.81 bits per heavy atom. The minimum atomic E-state index is -0.690. The number of nitrogens with zero attached hydrogens (tertiary/aromatic N) is 1. The Hall–Kier alpha value is -2.43. The van der Waals surface area contributed by atoms with Crippen molar-refractivity contribution in [3.8, 4) is 5.75 Å². The minimum absolute atomic E-state index is 0.0688. The number of halogens is 2. The fraction of sp³-hybridized carbons (Fsp3) is 0.409. The van der Waals surface area contributed by atoms with Gasteiger partial charge >= 0.3 is 0 Å². The van der Waals surface area contributed by atoms with Gasteiger partial charge in [-0.2, -0.15) is 0 Å². The Kier molecular flexibility index (Phi) is 5.10. The number of aryl methyl sites for hydroxylation is 2. The molecule has 2 aliphatic rings. The zero-order chi connectivity index (χ0) is 18.8. The summed E-state index contributed by atoms with van der Waals surface area (Å²) in [5.41, 5.74) is 3.87. The summed E-state index contributed by atoms with van der Waals surface area (Å²) in [6.07, 6.45) is 5.01. The van der Waals surface area contributed by atoms with Crippen LogP contribution in [0.4, 0.5) is 8.78 Å². The average molecular weight is 371 g/mol. The molecule has 1 fully saturated rings. The number of rotatable bonds is 4. The summed E-state index contributed by atoms with van der Waals surface area (Å²) in [5, 5.41) is 0. The lowest BCUT2D eigenvalue weighted by Crippen LogP contribution is -2.42. The molecule has 1 aliphatic heterocycles. The van der Waals surface area contributed by atoms with Crippen LogP contribution in [0.5, 0.6) is 5.75 Å². The van der Waals surface area contributed by atoms with Gasteiger partial charge in [0, 0.05) is 32.0 Å². The van der Waals surface area contributed by atoms with Gasteiger partial charge in [0.2, 0.25) is 5.91 Å². The molecule has 0 radical (unpaired) electrons. The Morgan fingerprint density at radius 3 is 2.59 bits per heavy atom. The molecule has 2 aromatic carbocycles. The van der Waals surface area contributed by atoms with Gasteiger partial charge in [0.05, 0.1) is 6.42 Å². The lowest BCUT2D eigenvalue weighted by atomic mass is 10.0. The van der Waals surface area contributed by atoms with Crippen LogP contribution in [0.1, 0.15) is 36.0 Å². The fourth-order valence-electron chi connectivity index (χ4n) is 3.99. The maximum atomic E-state index is 13.7. The van der Waals surface area contributed by atoms with E-state index in [1.807, 2.05) is 4.90 Å². The Balaban J connectivity index is 1.30. The number of piperidine rings is 1. The molecule has 5 heteroatoms. The summed E-state index contributed by atoms with van der Waals surface area (Å²) in [4.78, 5) is 14.5. The summed E-state index contributed by atoms with van der Waals surface area (Å²) in [5.74, 6) is -1.12. The quantitative estimate of drug-likeness (QED) is 0.811. The van der Waals surface area contributed by atoms with Gasteiger partial charge in [-0.1, -0.05) is 18.2 Å². The van der Waals surface area contributed by atoms with Crippen molar-refractivity contribution in [1.82, 2.24) is 4.90 Å². The molecule has 0 saturated carbocycles. The highest BCUT2D eigenvalue weighted by Gasteiger charge is 2.25. The molecule has 0 aromatic heterocycles. The molecule has 0 atom stereocenters. The molecule has 0 N–H and O–H groups in total. The van der Waals surface area contributed by atoms with Gasteiger partial charge in [-0.25, -0.2) is 8.78 Å². The van der Waals surface area contributed by atoms with E-state index in [0.29, 0.717) is 32.4 Å². The number of likely N-dealkylation sites (tertiary alicyclic amines) is 1. The lowest BCUT2D eigenvalue weighted by Gasteiger charge is -2.32. The van der Waals surface area contributed by atoms with Crippen molar-refractivity contribution in [3.63, 3.8) is 0 Å². The largest absolute Gasteiger partial charge is 0.487 e. The van der Waals surface area contributed by atoms with Crippen molar-refractivity contribution in [3.05, 3.63) is 64.7 Å². The van der Waals surface area contributed by atoms with E-state index in [2.05, 4.69) is 18.2 Å². The zero-order valence-corrected chi connectivity index (χ0v) is 15.2. The number of fused-ring (bicyclic) bond motifs is 1. The summed E-state index contributed by atoms with van der Waals surface area (Å²) in [6, 6.07) is 9.72. The molecule has 1 heterocycles. The van der Waals surface area contributed by atoms with Gasteiger partial charge in [-0.15, -0.1) is 0 Å². The van der Waals surface area contributed by atoms with E-state index in [-0.39, 0.29) is 17.8 Å². The van der Waals surface area contributed by atoms with Crippen LogP contribution < -0.4 is 4.74 Å².